The fourth-order valence-corrected chi connectivity index (χ4v) is 3.51. The number of ether oxygens (including phenoxy) is 2. The molecule has 2 amide bonds. The van der Waals surface area contributed by atoms with Gasteiger partial charge in [-0.25, -0.2) is 0 Å². The van der Waals surface area contributed by atoms with Gasteiger partial charge in [0, 0.05) is 45.8 Å². The zero-order valence-electron chi connectivity index (χ0n) is 13.3. The Balaban J connectivity index is 1.78. The fourth-order valence-electron chi connectivity index (χ4n) is 3.51. The molecule has 0 bridgehead atoms. The predicted octanol–water partition coefficient (Wildman–Crippen LogP) is 0.0457. The molecule has 8 nitrogen and oxygen atoms in total. The SMILES string of the molecule is CNC(=O)[C@]12CCOC[C@H]1CN(C(=O)c1cc(COC)on1)C2. The van der Waals surface area contributed by atoms with Gasteiger partial charge in [0.15, 0.2) is 11.5 Å². The van der Waals surface area contributed by atoms with Gasteiger partial charge in [-0.3, -0.25) is 9.59 Å². The number of carbonyl (C=O) groups excluding carboxylic acids is 2. The van der Waals surface area contributed by atoms with Crippen molar-refractivity contribution in [2.45, 2.75) is 13.0 Å². The average molecular weight is 323 g/mol. The van der Waals surface area contributed by atoms with E-state index in [1.165, 1.54) is 0 Å². The first-order valence-electron chi connectivity index (χ1n) is 7.64. The van der Waals surface area contributed by atoms with Crippen molar-refractivity contribution in [3.05, 3.63) is 17.5 Å². The monoisotopic (exact) mass is 323 g/mol. The summed E-state index contributed by atoms with van der Waals surface area (Å²) in [6.07, 6.45) is 0.620. The lowest BCUT2D eigenvalue weighted by Crippen LogP contribution is -2.49. The number of carbonyl (C=O) groups is 2. The van der Waals surface area contributed by atoms with Crippen LogP contribution < -0.4 is 5.32 Å². The lowest BCUT2D eigenvalue weighted by atomic mass is 9.73. The smallest absolute Gasteiger partial charge is 0.276 e. The van der Waals surface area contributed by atoms with Crippen LogP contribution in [-0.4, -0.2) is 62.3 Å². The molecule has 2 aliphatic rings. The molecule has 1 aromatic rings. The molecule has 0 spiro atoms. The van der Waals surface area contributed by atoms with Crippen LogP contribution in [0.2, 0.25) is 0 Å². The van der Waals surface area contributed by atoms with Gasteiger partial charge < -0.3 is 24.2 Å². The van der Waals surface area contributed by atoms with Crippen LogP contribution in [0.3, 0.4) is 0 Å². The van der Waals surface area contributed by atoms with Gasteiger partial charge in [0.2, 0.25) is 5.91 Å². The number of methoxy groups -OCH3 is 1. The van der Waals surface area contributed by atoms with Crippen LogP contribution in [-0.2, 0) is 20.9 Å². The minimum atomic E-state index is -0.568. The molecule has 0 saturated carbocycles. The number of nitrogens with one attached hydrogen (secondary N) is 1. The summed E-state index contributed by atoms with van der Waals surface area (Å²) in [5.41, 5.74) is -0.328. The van der Waals surface area contributed by atoms with E-state index in [9.17, 15) is 9.59 Å². The quantitative estimate of drug-likeness (QED) is 0.841. The molecule has 126 valence electrons. The number of fused-ring (bicyclic) bond motifs is 1. The second kappa shape index (κ2) is 6.29. The van der Waals surface area contributed by atoms with E-state index in [0.29, 0.717) is 38.5 Å². The van der Waals surface area contributed by atoms with Gasteiger partial charge in [-0.05, 0) is 6.42 Å². The van der Waals surface area contributed by atoms with Crippen LogP contribution in [0.4, 0.5) is 0 Å². The summed E-state index contributed by atoms with van der Waals surface area (Å²) in [7, 11) is 3.17. The van der Waals surface area contributed by atoms with E-state index in [4.69, 9.17) is 14.0 Å². The summed E-state index contributed by atoms with van der Waals surface area (Å²) < 4.78 is 15.5. The highest BCUT2D eigenvalue weighted by Gasteiger charge is 2.54. The van der Waals surface area contributed by atoms with E-state index in [0.717, 1.165) is 0 Å². The van der Waals surface area contributed by atoms with E-state index >= 15 is 0 Å². The summed E-state index contributed by atoms with van der Waals surface area (Å²) in [4.78, 5) is 26.7. The molecule has 0 aliphatic carbocycles. The van der Waals surface area contributed by atoms with Crippen LogP contribution in [0.15, 0.2) is 10.6 Å². The van der Waals surface area contributed by atoms with Gasteiger partial charge in [-0.1, -0.05) is 5.16 Å². The third-order valence-corrected chi connectivity index (χ3v) is 4.74. The van der Waals surface area contributed by atoms with E-state index in [1.54, 1.807) is 25.1 Å². The molecule has 3 rings (SSSR count). The number of rotatable bonds is 4. The van der Waals surface area contributed by atoms with E-state index in [-0.39, 0.29) is 30.0 Å². The van der Waals surface area contributed by atoms with Gasteiger partial charge >= 0.3 is 0 Å². The summed E-state index contributed by atoms with van der Waals surface area (Å²) >= 11 is 0. The molecule has 2 saturated heterocycles. The zero-order valence-corrected chi connectivity index (χ0v) is 13.3. The van der Waals surface area contributed by atoms with Gasteiger partial charge in [0.1, 0.15) is 6.61 Å². The molecule has 23 heavy (non-hydrogen) atoms. The van der Waals surface area contributed by atoms with E-state index < -0.39 is 5.41 Å². The maximum Gasteiger partial charge on any atom is 0.276 e. The number of hydrogen-bond acceptors (Lipinski definition) is 6. The Morgan fingerprint density at radius 1 is 1.57 bits per heavy atom. The van der Waals surface area contributed by atoms with Crippen LogP contribution in [0.5, 0.6) is 0 Å². The molecule has 2 atom stereocenters. The Morgan fingerprint density at radius 2 is 2.39 bits per heavy atom. The topological polar surface area (TPSA) is 93.9 Å². The molecule has 2 fully saturated rings. The van der Waals surface area contributed by atoms with Crippen LogP contribution in [0.25, 0.3) is 0 Å². The van der Waals surface area contributed by atoms with Crippen LogP contribution in [0.1, 0.15) is 22.7 Å². The third-order valence-electron chi connectivity index (χ3n) is 4.74. The zero-order chi connectivity index (χ0) is 16.4. The lowest BCUT2D eigenvalue weighted by Gasteiger charge is -2.36. The van der Waals surface area contributed by atoms with Crippen molar-refractivity contribution in [1.29, 1.82) is 0 Å². The molecule has 1 N–H and O–H groups in total. The van der Waals surface area contributed by atoms with Crippen molar-refractivity contribution >= 4 is 11.8 Å². The lowest BCUT2D eigenvalue weighted by molar-refractivity contribution is -0.138. The maximum absolute atomic E-state index is 12.7. The highest BCUT2D eigenvalue weighted by Crippen LogP contribution is 2.42. The average Bonchev–Trinajstić information content (AvgIpc) is 3.18. The number of hydrogen-bond donors (Lipinski definition) is 1. The summed E-state index contributed by atoms with van der Waals surface area (Å²) in [5, 5.41) is 6.54. The van der Waals surface area contributed by atoms with Crippen molar-refractivity contribution in [3.63, 3.8) is 0 Å². The Morgan fingerprint density at radius 3 is 3.13 bits per heavy atom. The summed E-state index contributed by atoms with van der Waals surface area (Å²) in [6.45, 7) is 2.16. The molecular formula is C15H21N3O5. The third kappa shape index (κ3) is 2.72. The molecule has 0 aromatic carbocycles. The van der Waals surface area contributed by atoms with Gasteiger partial charge in [0.25, 0.3) is 5.91 Å². The Hall–Kier alpha value is -1.93. The minimum absolute atomic E-state index is 0.00509. The van der Waals surface area contributed by atoms with E-state index in [1.807, 2.05) is 0 Å². The molecule has 0 radical (unpaired) electrons. The van der Waals surface area contributed by atoms with Crippen molar-refractivity contribution in [1.82, 2.24) is 15.4 Å². The van der Waals surface area contributed by atoms with Crippen LogP contribution in [0, 0.1) is 11.3 Å². The van der Waals surface area contributed by atoms with Crippen LogP contribution >= 0.6 is 0 Å². The number of nitrogens with zero attached hydrogens (tertiary/aromatic N) is 2. The highest BCUT2D eigenvalue weighted by atomic mass is 16.5. The number of likely N-dealkylation sites (tertiary alicyclic amines) is 1. The van der Waals surface area contributed by atoms with Crippen molar-refractivity contribution in [2.24, 2.45) is 11.3 Å². The second-order valence-corrected chi connectivity index (χ2v) is 6.05. The van der Waals surface area contributed by atoms with Crippen molar-refractivity contribution in [3.8, 4) is 0 Å². The maximum atomic E-state index is 12.7. The largest absolute Gasteiger partial charge is 0.381 e. The van der Waals surface area contributed by atoms with Gasteiger partial charge in [0.05, 0.1) is 12.0 Å². The predicted molar refractivity (Wildman–Crippen MR) is 78.5 cm³/mol. The minimum Gasteiger partial charge on any atom is -0.381 e. The molecular weight excluding hydrogens is 302 g/mol. The molecule has 3 heterocycles. The molecule has 2 aliphatic heterocycles. The molecule has 8 heteroatoms. The van der Waals surface area contributed by atoms with Gasteiger partial charge in [-0.15, -0.1) is 0 Å². The Bertz CT molecular complexity index is 602. The molecule has 0 unspecified atom stereocenters. The highest BCUT2D eigenvalue weighted by molar-refractivity contribution is 5.94. The van der Waals surface area contributed by atoms with Crippen molar-refractivity contribution < 1.29 is 23.6 Å². The first-order valence-corrected chi connectivity index (χ1v) is 7.64. The summed E-state index contributed by atoms with van der Waals surface area (Å²) in [6, 6.07) is 1.58. The first kappa shape index (κ1) is 15.9. The first-order chi connectivity index (χ1) is 11.1. The summed E-state index contributed by atoms with van der Waals surface area (Å²) in [5.74, 6) is 0.248. The normalized spacial score (nSPS) is 26.9. The second-order valence-electron chi connectivity index (χ2n) is 6.05. The number of aromatic nitrogens is 1. The van der Waals surface area contributed by atoms with E-state index in [2.05, 4.69) is 10.5 Å². The Labute approximate surface area is 134 Å². The molecule has 1 aromatic heterocycles. The van der Waals surface area contributed by atoms with Crippen molar-refractivity contribution in [2.75, 3.05) is 40.5 Å². The fraction of sp³-hybridized carbons (Fsp3) is 0.667. The number of amides is 2. The standard InChI is InChI=1S/C15H21N3O5/c1-16-14(20)15-3-4-22-7-10(15)6-18(9-15)13(19)12-5-11(8-21-2)23-17-12/h5,10H,3-4,6-9H2,1-2H3,(H,16,20)/t10-,15+/m1/s1. The van der Waals surface area contributed by atoms with Gasteiger partial charge in [-0.2, -0.15) is 0 Å². The Kier molecular flexibility index (Phi) is 4.36.